The number of nitrogens with one attached hydrogen (secondary N) is 1. The van der Waals surface area contributed by atoms with Crippen molar-refractivity contribution in [3.05, 3.63) is 23.8 Å². The van der Waals surface area contributed by atoms with Crippen molar-refractivity contribution in [3.63, 3.8) is 0 Å². The third-order valence-electron chi connectivity index (χ3n) is 2.18. The standard InChI is InChI=1S/C13H23N3S/c1-4-6-14-8-12-5-7-15-13(16-12)10-17-9-11(2)3/h5,7,11,14H,4,6,8-10H2,1-3H3. The second kappa shape index (κ2) is 8.48. The number of thioether (sulfide) groups is 1. The molecule has 0 unspecified atom stereocenters. The minimum atomic E-state index is 0.731. The molecule has 3 nitrogen and oxygen atoms in total. The van der Waals surface area contributed by atoms with Gasteiger partial charge in [-0.1, -0.05) is 20.8 Å². The van der Waals surface area contributed by atoms with Crippen molar-refractivity contribution in [1.82, 2.24) is 15.3 Å². The van der Waals surface area contributed by atoms with E-state index in [4.69, 9.17) is 0 Å². The Morgan fingerprint density at radius 2 is 2.24 bits per heavy atom. The molecular weight excluding hydrogens is 230 g/mol. The average Bonchev–Trinajstić information content (AvgIpc) is 2.29. The third-order valence-corrected chi connectivity index (χ3v) is 3.54. The molecule has 0 aliphatic carbocycles. The predicted octanol–water partition coefficient (Wildman–Crippen LogP) is 2.87. The summed E-state index contributed by atoms with van der Waals surface area (Å²) in [6.07, 6.45) is 3.02. The topological polar surface area (TPSA) is 37.8 Å². The fraction of sp³-hybridized carbons (Fsp3) is 0.692. The number of hydrogen-bond acceptors (Lipinski definition) is 4. The molecule has 0 saturated heterocycles. The predicted molar refractivity (Wildman–Crippen MR) is 75.0 cm³/mol. The van der Waals surface area contributed by atoms with Gasteiger partial charge in [-0.2, -0.15) is 11.8 Å². The Hall–Kier alpha value is -0.610. The van der Waals surface area contributed by atoms with E-state index in [1.54, 1.807) is 0 Å². The molecule has 0 aliphatic rings. The lowest BCUT2D eigenvalue weighted by Crippen LogP contribution is -2.15. The summed E-state index contributed by atoms with van der Waals surface area (Å²) in [5.74, 6) is 3.77. The van der Waals surface area contributed by atoms with Crippen LogP contribution in [0.4, 0.5) is 0 Å². The Morgan fingerprint density at radius 1 is 1.41 bits per heavy atom. The Kier molecular flexibility index (Phi) is 7.21. The number of nitrogens with zero attached hydrogens (tertiary/aromatic N) is 2. The van der Waals surface area contributed by atoms with Crippen LogP contribution in [0.3, 0.4) is 0 Å². The van der Waals surface area contributed by atoms with E-state index in [9.17, 15) is 0 Å². The molecule has 0 aromatic carbocycles. The lowest BCUT2D eigenvalue weighted by molar-refractivity contribution is 0.660. The molecule has 4 heteroatoms. The summed E-state index contributed by atoms with van der Waals surface area (Å²) in [5, 5.41) is 3.36. The van der Waals surface area contributed by atoms with E-state index in [-0.39, 0.29) is 0 Å². The van der Waals surface area contributed by atoms with E-state index in [0.29, 0.717) is 0 Å². The van der Waals surface area contributed by atoms with Crippen LogP contribution in [0.2, 0.25) is 0 Å². The largest absolute Gasteiger partial charge is 0.311 e. The van der Waals surface area contributed by atoms with Gasteiger partial charge in [0, 0.05) is 12.7 Å². The molecule has 0 fully saturated rings. The third kappa shape index (κ3) is 6.64. The fourth-order valence-corrected chi connectivity index (χ4v) is 2.30. The second-order valence-electron chi connectivity index (χ2n) is 4.55. The Balaban J connectivity index is 2.37. The van der Waals surface area contributed by atoms with Crippen LogP contribution in [0.25, 0.3) is 0 Å². The van der Waals surface area contributed by atoms with Crippen LogP contribution in [-0.4, -0.2) is 22.3 Å². The average molecular weight is 253 g/mol. The Labute approximate surface area is 109 Å². The Morgan fingerprint density at radius 3 is 2.94 bits per heavy atom. The molecule has 0 bridgehead atoms. The zero-order valence-electron chi connectivity index (χ0n) is 11.1. The molecule has 0 spiro atoms. The molecule has 17 heavy (non-hydrogen) atoms. The van der Waals surface area contributed by atoms with E-state index in [1.807, 2.05) is 24.0 Å². The van der Waals surface area contributed by atoms with Crippen LogP contribution in [0.5, 0.6) is 0 Å². The molecule has 0 atom stereocenters. The molecule has 1 aromatic heterocycles. The van der Waals surface area contributed by atoms with E-state index in [1.165, 1.54) is 5.75 Å². The number of rotatable bonds is 8. The molecule has 1 heterocycles. The van der Waals surface area contributed by atoms with Crippen molar-refractivity contribution in [2.75, 3.05) is 12.3 Å². The summed E-state index contributed by atoms with van der Waals surface area (Å²) in [6.45, 7) is 8.53. The number of hydrogen-bond donors (Lipinski definition) is 1. The highest BCUT2D eigenvalue weighted by Gasteiger charge is 2.01. The number of aromatic nitrogens is 2. The van der Waals surface area contributed by atoms with Gasteiger partial charge in [0.1, 0.15) is 5.82 Å². The smallest absolute Gasteiger partial charge is 0.138 e. The van der Waals surface area contributed by atoms with E-state index >= 15 is 0 Å². The minimum Gasteiger partial charge on any atom is -0.311 e. The first-order valence-corrected chi connectivity index (χ1v) is 7.47. The van der Waals surface area contributed by atoms with Gasteiger partial charge in [0.2, 0.25) is 0 Å². The van der Waals surface area contributed by atoms with Gasteiger partial charge in [0.05, 0.1) is 11.4 Å². The lowest BCUT2D eigenvalue weighted by Gasteiger charge is -2.06. The second-order valence-corrected chi connectivity index (χ2v) is 5.58. The summed E-state index contributed by atoms with van der Waals surface area (Å²) in [5.41, 5.74) is 1.09. The zero-order chi connectivity index (χ0) is 12.5. The molecule has 96 valence electrons. The molecule has 1 aromatic rings. The highest BCUT2D eigenvalue weighted by molar-refractivity contribution is 7.98. The molecule has 0 amide bonds. The van der Waals surface area contributed by atoms with Gasteiger partial charge < -0.3 is 5.32 Å². The van der Waals surface area contributed by atoms with Crippen LogP contribution in [0, 0.1) is 5.92 Å². The van der Waals surface area contributed by atoms with E-state index in [0.717, 1.165) is 42.7 Å². The first kappa shape index (κ1) is 14.5. The van der Waals surface area contributed by atoms with Gasteiger partial charge in [-0.15, -0.1) is 0 Å². The van der Waals surface area contributed by atoms with E-state index < -0.39 is 0 Å². The molecule has 1 N–H and O–H groups in total. The van der Waals surface area contributed by atoms with Crippen molar-refractivity contribution in [2.45, 2.75) is 39.5 Å². The highest BCUT2D eigenvalue weighted by atomic mass is 32.2. The zero-order valence-corrected chi connectivity index (χ0v) is 11.9. The van der Waals surface area contributed by atoms with Gasteiger partial charge in [-0.05, 0) is 30.7 Å². The maximum atomic E-state index is 4.55. The first-order chi connectivity index (χ1) is 8.22. The maximum absolute atomic E-state index is 4.55. The summed E-state index contributed by atoms with van der Waals surface area (Å²) < 4.78 is 0. The van der Waals surface area contributed by atoms with Crippen molar-refractivity contribution < 1.29 is 0 Å². The maximum Gasteiger partial charge on any atom is 0.138 e. The fourth-order valence-electron chi connectivity index (χ4n) is 1.39. The summed E-state index contributed by atoms with van der Waals surface area (Å²) in [7, 11) is 0. The van der Waals surface area contributed by atoms with Gasteiger partial charge in [-0.25, -0.2) is 9.97 Å². The Bertz CT molecular complexity index is 315. The lowest BCUT2D eigenvalue weighted by atomic mass is 10.3. The molecule has 1 rings (SSSR count). The van der Waals surface area contributed by atoms with Gasteiger partial charge >= 0.3 is 0 Å². The van der Waals surface area contributed by atoms with Gasteiger partial charge in [-0.3, -0.25) is 0 Å². The molecular formula is C13H23N3S. The van der Waals surface area contributed by atoms with Crippen molar-refractivity contribution in [2.24, 2.45) is 5.92 Å². The SMILES string of the molecule is CCCNCc1ccnc(CSCC(C)C)n1. The van der Waals surface area contributed by atoms with Crippen molar-refractivity contribution in [1.29, 1.82) is 0 Å². The van der Waals surface area contributed by atoms with Crippen LogP contribution in [0.1, 0.15) is 38.7 Å². The quantitative estimate of drug-likeness (QED) is 0.723. The normalized spacial score (nSPS) is 11.1. The summed E-state index contributed by atoms with van der Waals surface area (Å²) in [4.78, 5) is 8.85. The molecule has 0 saturated carbocycles. The van der Waals surface area contributed by atoms with E-state index in [2.05, 4.69) is 36.1 Å². The van der Waals surface area contributed by atoms with Crippen LogP contribution < -0.4 is 5.32 Å². The van der Waals surface area contributed by atoms with Crippen LogP contribution in [-0.2, 0) is 12.3 Å². The van der Waals surface area contributed by atoms with Crippen LogP contribution in [0.15, 0.2) is 12.3 Å². The highest BCUT2D eigenvalue weighted by Crippen LogP contribution is 2.12. The molecule has 0 radical (unpaired) electrons. The monoisotopic (exact) mass is 253 g/mol. The summed E-state index contributed by atoms with van der Waals surface area (Å²) in [6, 6.07) is 1.99. The first-order valence-electron chi connectivity index (χ1n) is 6.31. The van der Waals surface area contributed by atoms with Gasteiger partial charge in [0.15, 0.2) is 0 Å². The van der Waals surface area contributed by atoms with Crippen LogP contribution >= 0.6 is 11.8 Å². The summed E-state index contributed by atoms with van der Waals surface area (Å²) >= 11 is 1.91. The van der Waals surface area contributed by atoms with Crippen molar-refractivity contribution in [3.8, 4) is 0 Å². The molecule has 0 aliphatic heterocycles. The minimum absolute atomic E-state index is 0.731. The van der Waals surface area contributed by atoms with Gasteiger partial charge in [0.25, 0.3) is 0 Å². The van der Waals surface area contributed by atoms with Crippen molar-refractivity contribution >= 4 is 11.8 Å².